The molecule has 1 aliphatic rings. The Morgan fingerprint density at radius 3 is 2.78 bits per heavy atom. The number of nitrogens with one attached hydrogen (secondary N) is 2. The molecule has 0 aliphatic carbocycles. The van der Waals surface area contributed by atoms with Gasteiger partial charge in [0.05, 0.1) is 0 Å². The van der Waals surface area contributed by atoms with E-state index in [4.69, 9.17) is 9.57 Å². The van der Waals surface area contributed by atoms with E-state index >= 15 is 0 Å². The predicted molar refractivity (Wildman–Crippen MR) is 62.2 cm³/mol. The van der Waals surface area contributed by atoms with Crippen LogP contribution in [0.3, 0.4) is 0 Å². The molecule has 1 saturated heterocycles. The fraction of sp³-hybridized carbons (Fsp3) is 0.333. The highest BCUT2D eigenvalue weighted by atomic mass is 16.7. The van der Waals surface area contributed by atoms with Gasteiger partial charge < -0.3 is 10.1 Å². The number of benzene rings is 1. The third-order valence-electron chi connectivity index (χ3n) is 2.58. The van der Waals surface area contributed by atoms with Crippen LogP contribution in [-0.4, -0.2) is 24.1 Å². The maximum atomic E-state index is 11.5. The fourth-order valence-electron chi connectivity index (χ4n) is 1.57. The molecule has 0 saturated carbocycles. The van der Waals surface area contributed by atoms with Gasteiger partial charge in [0.25, 0.3) is 5.91 Å². The van der Waals surface area contributed by atoms with Gasteiger partial charge in [0.1, 0.15) is 18.8 Å². The van der Waals surface area contributed by atoms with Crippen LogP contribution in [0, 0.1) is 0 Å². The Hall–Kier alpha value is -2.08. The van der Waals surface area contributed by atoms with E-state index in [1.54, 1.807) is 6.92 Å². The monoisotopic (exact) mass is 250 g/mol. The summed E-state index contributed by atoms with van der Waals surface area (Å²) in [6.45, 7) is 1.84. The van der Waals surface area contributed by atoms with Crippen molar-refractivity contribution in [3.05, 3.63) is 35.9 Å². The van der Waals surface area contributed by atoms with Crippen molar-refractivity contribution in [2.75, 3.05) is 0 Å². The zero-order valence-corrected chi connectivity index (χ0v) is 9.88. The van der Waals surface area contributed by atoms with Gasteiger partial charge in [-0.05, 0) is 12.5 Å². The minimum atomic E-state index is -0.715. The van der Waals surface area contributed by atoms with E-state index in [-0.39, 0.29) is 12.5 Å². The van der Waals surface area contributed by atoms with Crippen molar-refractivity contribution in [2.24, 2.45) is 0 Å². The summed E-state index contributed by atoms with van der Waals surface area (Å²) in [5.41, 5.74) is 3.07. The lowest BCUT2D eigenvalue weighted by Crippen LogP contribution is -2.44. The summed E-state index contributed by atoms with van der Waals surface area (Å²) in [5.74, 6) is -0.376. The lowest BCUT2D eigenvalue weighted by Gasteiger charge is -2.12. The number of hydrogen-bond donors (Lipinski definition) is 2. The van der Waals surface area contributed by atoms with Crippen molar-refractivity contribution < 1.29 is 19.2 Å². The van der Waals surface area contributed by atoms with Crippen LogP contribution < -0.4 is 10.8 Å². The first-order chi connectivity index (χ1) is 8.66. The Morgan fingerprint density at radius 2 is 2.17 bits per heavy atom. The molecule has 6 nitrogen and oxygen atoms in total. The SMILES string of the molecule is CC1ONC(=O)C1NC(=O)OCc1ccccc1. The van der Waals surface area contributed by atoms with Crippen LogP contribution >= 0.6 is 0 Å². The van der Waals surface area contributed by atoms with Gasteiger partial charge in [-0.15, -0.1) is 0 Å². The summed E-state index contributed by atoms with van der Waals surface area (Å²) in [5, 5.41) is 2.45. The van der Waals surface area contributed by atoms with Gasteiger partial charge in [-0.1, -0.05) is 30.3 Å². The van der Waals surface area contributed by atoms with Gasteiger partial charge in [0, 0.05) is 0 Å². The van der Waals surface area contributed by atoms with Crippen LogP contribution in [0.2, 0.25) is 0 Å². The van der Waals surface area contributed by atoms with E-state index in [2.05, 4.69) is 10.8 Å². The van der Waals surface area contributed by atoms with Crippen molar-refractivity contribution in [1.82, 2.24) is 10.8 Å². The Morgan fingerprint density at radius 1 is 1.44 bits per heavy atom. The minimum Gasteiger partial charge on any atom is -0.445 e. The van der Waals surface area contributed by atoms with Crippen LogP contribution in [0.5, 0.6) is 0 Å². The van der Waals surface area contributed by atoms with E-state index in [0.29, 0.717) is 0 Å². The first-order valence-electron chi connectivity index (χ1n) is 5.59. The standard InChI is InChI=1S/C12H14N2O4/c1-8-10(11(15)14-18-8)13-12(16)17-7-9-5-3-2-4-6-9/h2-6,8,10H,7H2,1H3,(H,13,16)(H,14,15). The molecule has 2 N–H and O–H groups in total. The maximum Gasteiger partial charge on any atom is 0.408 e. The number of hydrogen-bond acceptors (Lipinski definition) is 4. The third-order valence-corrected chi connectivity index (χ3v) is 2.58. The smallest absolute Gasteiger partial charge is 0.408 e. The highest BCUT2D eigenvalue weighted by Gasteiger charge is 2.34. The van der Waals surface area contributed by atoms with Crippen molar-refractivity contribution >= 4 is 12.0 Å². The Balaban J connectivity index is 1.80. The average Bonchev–Trinajstić information content (AvgIpc) is 2.69. The second-order valence-corrected chi connectivity index (χ2v) is 3.97. The Labute approximate surface area is 104 Å². The summed E-state index contributed by atoms with van der Waals surface area (Å²) in [6.07, 6.45) is -1.06. The molecule has 1 heterocycles. The molecular formula is C12H14N2O4. The van der Waals surface area contributed by atoms with Crippen LogP contribution in [0.4, 0.5) is 4.79 Å². The van der Waals surface area contributed by atoms with Crippen LogP contribution in [0.15, 0.2) is 30.3 Å². The lowest BCUT2D eigenvalue weighted by molar-refractivity contribution is -0.125. The molecule has 0 radical (unpaired) electrons. The molecule has 1 aromatic rings. The summed E-state index contributed by atoms with van der Waals surface area (Å²) in [7, 11) is 0. The van der Waals surface area contributed by atoms with E-state index < -0.39 is 18.2 Å². The molecule has 1 fully saturated rings. The molecule has 2 unspecified atom stereocenters. The first-order valence-corrected chi connectivity index (χ1v) is 5.59. The molecule has 0 bridgehead atoms. The molecule has 2 amide bonds. The second-order valence-electron chi connectivity index (χ2n) is 3.97. The molecule has 0 aromatic heterocycles. The van der Waals surface area contributed by atoms with Crippen molar-refractivity contribution in [1.29, 1.82) is 0 Å². The van der Waals surface area contributed by atoms with Crippen molar-refractivity contribution in [3.8, 4) is 0 Å². The van der Waals surface area contributed by atoms with Crippen LogP contribution in [-0.2, 0) is 21.0 Å². The number of hydroxylamine groups is 1. The van der Waals surface area contributed by atoms with Crippen LogP contribution in [0.1, 0.15) is 12.5 Å². The average molecular weight is 250 g/mol. The van der Waals surface area contributed by atoms with E-state index in [0.717, 1.165) is 5.56 Å². The van der Waals surface area contributed by atoms with Crippen LogP contribution in [0.25, 0.3) is 0 Å². The van der Waals surface area contributed by atoms with Gasteiger partial charge in [0.2, 0.25) is 0 Å². The summed E-state index contributed by atoms with van der Waals surface area (Å²) >= 11 is 0. The molecule has 2 atom stereocenters. The number of carbonyl (C=O) groups is 2. The summed E-state index contributed by atoms with van der Waals surface area (Å²) < 4.78 is 5.00. The van der Waals surface area contributed by atoms with Gasteiger partial charge >= 0.3 is 6.09 Å². The normalized spacial score (nSPS) is 22.4. The highest BCUT2D eigenvalue weighted by molar-refractivity contribution is 5.86. The third kappa shape index (κ3) is 2.98. The largest absolute Gasteiger partial charge is 0.445 e. The second kappa shape index (κ2) is 5.50. The zero-order valence-electron chi connectivity index (χ0n) is 9.88. The Bertz CT molecular complexity index is 435. The number of alkyl carbamates (subject to hydrolysis) is 1. The number of amides is 2. The quantitative estimate of drug-likeness (QED) is 0.829. The Kier molecular flexibility index (Phi) is 3.78. The predicted octanol–water partition coefficient (Wildman–Crippen LogP) is 0.731. The number of ether oxygens (including phenoxy) is 1. The number of rotatable bonds is 3. The molecule has 0 spiro atoms. The van der Waals surface area contributed by atoms with Gasteiger partial charge in [-0.2, -0.15) is 0 Å². The highest BCUT2D eigenvalue weighted by Crippen LogP contribution is 2.06. The maximum absolute atomic E-state index is 11.5. The first kappa shape index (κ1) is 12.4. The topological polar surface area (TPSA) is 76.7 Å². The summed E-state index contributed by atoms with van der Waals surface area (Å²) in [4.78, 5) is 27.7. The minimum absolute atomic E-state index is 0.163. The molecule has 6 heteroatoms. The molecule has 18 heavy (non-hydrogen) atoms. The van der Waals surface area contributed by atoms with E-state index in [1.165, 1.54) is 0 Å². The molecule has 1 aromatic carbocycles. The molecule has 96 valence electrons. The number of carbonyl (C=O) groups excluding carboxylic acids is 2. The van der Waals surface area contributed by atoms with Crippen molar-refractivity contribution in [3.63, 3.8) is 0 Å². The fourth-order valence-corrected chi connectivity index (χ4v) is 1.57. The van der Waals surface area contributed by atoms with Gasteiger partial charge in [-0.25, -0.2) is 10.3 Å². The van der Waals surface area contributed by atoms with Gasteiger partial charge in [0.15, 0.2) is 0 Å². The molecule has 1 aliphatic heterocycles. The lowest BCUT2D eigenvalue weighted by atomic mass is 10.2. The molecule has 2 rings (SSSR count). The van der Waals surface area contributed by atoms with E-state index in [1.807, 2.05) is 30.3 Å². The zero-order chi connectivity index (χ0) is 13.0. The summed E-state index contributed by atoms with van der Waals surface area (Å²) in [6, 6.07) is 8.58. The van der Waals surface area contributed by atoms with Crippen molar-refractivity contribution in [2.45, 2.75) is 25.7 Å². The van der Waals surface area contributed by atoms with E-state index in [9.17, 15) is 9.59 Å². The molecular weight excluding hydrogens is 236 g/mol. The van der Waals surface area contributed by atoms with Gasteiger partial charge in [-0.3, -0.25) is 9.63 Å².